The minimum atomic E-state index is -0.485. The minimum absolute atomic E-state index is 0.0536. The van der Waals surface area contributed by atoms with Gasteiger partial charge in [-0.1, -0.05) is 0 Å². The third kappa shape index (κ3) is 2.70. The van der Waals surface area contributed by atoms with Crippen LogP contribution in [0.1, 0.15) is 11.3 Å². The summed E-state index contributed by atoms with van der Waals surface area (Å²) >= 11 is 1.15. The second-order valence-electron chi connectivity index (χ2n) is 4.44. The van der Waals surface area contributed by atoms with Crippen molar-refractivity contribution in [3.05, 3.63) is 46.0 Å². The van der Waals surface area contributed by atoms with Gasteiger partial charge in [-0.15, -0.1) is 10.2 Å². The summed E-state index contributed by atoms with van der Waals surface area (Å²) in [6, 6.07) is 3.19. The molecule has 3 heterocycles. The highest BCUT2D eigenvalue weighted by Gasteiger charge is 2.16. The number of furan rings is 1. The first-order chi connectivity index (χ1) is 10.5. The summed E-state index contributed by atoms with van der Waals surface area (Å²) < 4.78 is 10.7. The lowest BCUT2D eigenvalue weighted by Gasteiger charge is -2.00. The summed E-state index contributed by atoms with van der Waals surface area (Å²) in [5.41, 5.74) is 1.34. The molecule has 3 rings (SSSR count). The smallest absolute Gasteiger partial charge is 0.287 e. The molecule has 0 fully saturated rings. The van der Waals surface area contributed by atoms with Crippen LogP contribution >= 0.6 is 11.8 Å². The standard InChI is InChI=1S/C13H10N4O4S/c1-7-5-9(17(18)19)6-14-12(7)22-13-16-15-11(21-13)10-3-4-20-8(10)2/h3-6H,1-2H3. The summed E-state index contributed by atoms with van der Waals surface area (Å²) in [6.45, 7) is 3.54. The van der Waals surface area contributed by atoms with Crippen LogP contribution in [0.25, 0.3) is 11.5 Å². The van der Waals surface area contributed by atoms with Crippen molar-refractivity contribution in [2.75, 3.05) is 0 Å². The molecule has 8 nitrogen and oxygen atoms in total. The van der Waals surface area contributed by atoms with Crippen molar-refractivity contribution in [3.63, 3.8) is 0 Å². The topological polar surface area (TPSA) is 108 Å². The Kier molecular flexibility index (Phi) is 3.63. The molecule has 0 spiro atoms. The molecule has 0 N–H and O–H groups in total. The van der Waals surface area contributed by atoms with E-state index in [9.17, 15) is 10.1 Å². The van der Waals surface area contributed by atoms with Crippen molar-refractivity contribution < 1.29 is 13.8 Å². The van der Waals surface area contributed by atoms with E-state index in [-0.39, 0.29) is 5.69 Å². The first-order valence-electron chi connectivity index (χ1n) is 6.21. The maximum atomic E-state index is 10.7. The second kappa shape index (κ2) is 5.60. The average molecular weight is 318 g/mol. The number of nitrogens with zero attached hydrogens (tertiary/aromatic N) is 4. The Morgan fingerprint density at radius 3 is 2.77 bits per heavy atom. The van der Waals surface area contributed by atoms with Crippen molar-refractivity contribution in [2.45, 2.75) is 24.1 Å². The van der Waals surface area contributed by atoms with Gasteiger partial charge in [-0.25, -0.2) is 4.98 Å². The van der Waals surface area contributed by atoms with Gasteiger partial charge in [-0.05, 0) is 37.2 Å². The van der Waals surface area contributed by atoms with Crippen molar-refractivity contribution in [3.8, 4) is 11.5 Å². The molecule has 0 atom stereocenters. The molecule has 0 aliphatic rings. The van der Waals surface area contributed by atoms with Crippen molar-refractivity contribution in [1.29, 1.82) is 0 Å². The Balaban J connectivity index is 1.84. The molecule has 0 aliphatic carbocycles. The average Bonchev–Trinajstić information content (AvgIpc) is 3.09. The lowest BCUT2D eigenvalue weighted by atomic mass is 10.3. The van der Waals surface area contributed by atoms with E-state index in [0.717, 1.165) is 17.3 Å². The Bertz CT molecular complexity index is 842. The number of hydrogen-bond donors (Lipinski definition) is 0. The summed E-state index contributed by atoms with van der Waals surface area (Å²) in [5.74, 6) is 1.04. The molecule has 0 amide bonds. The number of rotatable bonds is 4. The molecule has 0 saturated heterocycles. The van der Waals surface area contributed by atoms with Crippen molar-refractivity contribution in [2.24, 2.45) is 0 Å². The fourth-order valence-electron chi connectivity index (χ4n) is 1.80. The molecule has 0 saturated carbocycles. The quantitative estimate of drug-likeness (QED) is 0.532. The Labute approximate surface area is 128 Å². The zero-order chi connectivity index (χ0) is 15.7. The van der Waals surface area contributed by atoms with E-state index in [1.54, 1.807) is 26.2 Å². The monoisotopic (exact) mass is 318 g/mol. The highest BCUT2D eigenvalue weighted by molar-refractivity contribution is 7.99. The van der Waals surface area contributed by atoms with Gasteiger partial charge in [0.15, 0.2) is 0 Å². The number of nitro groups is 1. The number of aryl methyl sites for hydroxylation is 2. The first kappa shape index (κ1) is 14.3. The van der Waals surface area contributed by atoms with Gasteiger partial charge < -0.3 is 8.83 Å². The molecule has 0 unspecified atom stereocenters. The van der Waals surface area contributed by atoms with E-state index in [0.29, 0.717) is 27.5 Å². The van der Waals surface area contributed by atoms with Gasteiger partial charge in [0.25, 0.3) is 16.8 Å². The highest BCUT2D eigenvalue weighted by atomic mass is 32.2. The molecule has 0 aliphatic heterocycles. The zero-order valence-corrected chi connectivity index (χ0v) is 12.5. The molecule has 0 aromatic carbocycles. The Hall–Kier alpha value is -2.68. The molecular formula is C13H10N4O4S. The first-order valence-corrected chi connectivity index (χ1v) is 7.03. The largest absolute Gasteiger partial charge is 0.469 e. The number of pyridine rings is 1. The summed E-state index contributed by atoms with van der Waals surface area (Å²) in [7, 11) is 0. The third-order valence-corrected chi connectivity index (χ3v) is 3.87. The minimum Gasteiger partial charge on any atom is -0.469 e. The number of hydrogen-bond acceptors (Lipinski definition) is 8. The van der Waals surface area contributed by atoms with Gasteiger partial charge in [-0.3, -0.25) is 10.1 Å². The Morgan fingerprint density at radius 1 is 1.32 bits per heavy atom. The third-order valence-electron chi connectivity index (χ3n) is 2.91. The molecule has 3 aromatic heterocycles. The SMILES string of the molecule is Cc1cc([N+](=O)[O-])cnc1Sc1nnc(-c2ccoc2C)o1. The Morgan fingerprint density at radius 2 is 2.14 bits per heavy atom. The van der Waals surface area contributed by atoms with Crippen LogP contribution in [0.5, 0.6) is 0 Å². The van der Waals surface area contributed by atoms with Gasteiger partial charge >= 0.3 is 0 Å². The van der Waals surface area contributed by atoms with Crippen LogP contribution in [0.15, 0.2) is 43.7 Å². The molecule has 0 bridgehead atoms. The van der Waals surface area contributed by atoms with Crippen LogP contribution in [-0.2, 0) is 0 Å². The van der Waals surface area contributed by atoms with E-state index >= 15 is 0 Å². The van der Waals surface area contributed by atoms with Gasteiger partial charge in [0.2, 0.25) is 0 Å². The molecular weight excluding hydrogens is 308 g/mol. The fraction of sp³-hybridized carbons (Fsp3) is 0.154. The summed E-state index contributed by atoms with van der Waals surface area (Å²) in [5, 5.41) is 19.5. The second-order valence-corrected chi connectivity index (χ2v) is 5.38. The fourth-order valence-corrected chi connectivity index (χ4v) is 2.50. The van der Waals surface area contributed by atoms with Gasteiger partial charge in [0.05, 0.1) is 16.7 Å². The molecule has 0 radical (unpaired) electrons. The van der Waals surface area contributed by atoms with Gasteiger partial charge in [0, 0.05) is 6.07 Å². The molecule has 9 heteroatoms. The van der Waals surface area contributed by atoms with Crippen molar-refractivity contribution >= 4 is 17.4 Å². The van der Waals surface area contributed by atoms with Gasteiger partial charge in [-0.2, -0.15) is 0 Å². The van der Waals surface area contributed by atoms with Crippen LogP contribution in [0.4, 0.5) is 5.69 Å². The maximum Gasteiger partial charge on any atom is 0.287 e. The van der Waals surface area contributed by atoms with Crippen LogP contribution < -0.4 is 0 Å². The maximum absolute atomic E-state index is 10.7. The van der Waals surface area contributed by atoms with E-state index in [2.05, 4.69) is 15.2 Å². The van der Waals surface area contributed by atoms with Crippen molar-refractivity contribution in [1.82, 2.24) is 15.2 Å². The van der Waals surface area contributed by atoms with Crippen LogP contribution in [0.3, 0.4) is 0 Å². The van der Waals surface area contributed by atoms with E-state index in [1.165, 1.54) is 12.3 Å². The summed E-state index contributed by atoms with van der Waals surface area (Å²) in [4.78, 5) is 14.3. The van der Waals surface area contributed by atoms with E-state index < -0.39 is 4.92 Å². The predicted molar refractivity (Wildman–Crippen MR) is 76.5 cm³/mol. The normalized spacial score (nSPS) is 10.8. The number of aromatic nitrogens is 3. The highest BCUT2D eigenvalue weighted by Crippen LogP contribution is 2.31. The van der Waals surface area contributed by atoms with Gasteiger partial charge in [0.1, 0.15) is 17.0 Å². The zero-order valence-electron chi connectivity index (χ0n) is 11.6. The van der Waals surface area contributed by atoms with E-state index in [4.69, 9.17) is 8.83 Å². The van der Waals surface area contributed by atoms with Crippen LogP contribution in [-0.4, -0.2) is 20.1 Å². The van der Waals surface area contributed by atoms with Crippen LogP contribution in [0.2, 0.25) is 0 Å². The van der Waals surface area contributed by atoms with E-state index in [1.807, 2.05) is 0 Å². The molecule has 22 heavy (non-hydrogen) atoms. The lowest BCUT2D eigenvalue weighted by Crippen LogP contribution is -1.92. The molecule has 3 aromatic rings. The molecule has 112 valence electrons. The van der Waals surface area contributed by atoms with Crippen LogP contribution in [0, 0.1) is 24.0 Å². The predicted octanol–water partition coefficient (Wildman–Crippen LogP) is 3.40. The summed E-state index contributed by atoms with van der Waals surface area (Å²) in [6.07, 6.45) is 2.75. The lowest BCUT2D eigenvalue weighted by molar-refractivity contribution is -0.385.